The molecule has 6 heteroatoms. The van der Waals surface area contributed by atoms with Gasteiger partial charge in [-0.15, -0.1) is 0 Å². The number of carbonyl (C=O) groups excluding carboxylic acids is 1. The van der Waals surface area contributed by atoms with E-state index in [-0.39, 0.29) is 22.7 Å². The second-order valence-corrected chi connectivity index (χ2v) is 5.72. The molecule has 2 aromatic heterocycles. The van der Waals surface area contributed by atoms with E-state index in [1.54, 1.807) is 0 Å². The Kier molecular flexibility index (Phi) is 5.86. The zero-order valence-corrected chi connectivity index (χ0v) is 13.4. The van der Waals surface area contributed by atoms with E-state index in [0.717, 1.165) is 19.3 Å². The fourth-order valence-corrected chi connectivity index (χ4v) is 2.49. The molecule has 0 unspecified atom stereocenters. The van der Waals surface area contributed by atoms with E-state index in [1.165, 1.54) is 39.0 Å². The number of nitrogens with one attached hydrogen (secondary N) is 2. The fraction of sp³-hybridized carbons (Fsp3) is 0.625. The number of Topliss-reactive ketones (excluding diaryl/α,β-unsaturated/α-hetero) is 1. The molecule has 0 amide bonds. The van der Waals surface area contributed by atoms with Crippen LogP contribution in [-0.4, -0.2) is 25.7 Å². The summed E-state index contributed by atoms with van der Waals surface area (Å²) in [4.78, 5) is 37.2. The molecule has 120 valence electrons. The summed E-state index contributed by atoms with van der Waals surface area (Å²) in [5.74, 6) is 0.625. The van der Waals surface area contributed by atoms with Crippen LogP contribution in [0.1, 0.15) is 75.2 Å². The Labute approximate surface area is 129 Å². The maximum atomic E-state index is 12.0. The van der Waals surface area contributed by atoms with Crippen LogP contribution in [0.2, 0.25) is 0 Å². The van der Waals surface area contributed by atoms with E-state index < -0.39 is 0 Å². The lowest BCUT2D eigenvalue weighted by molar-refractivity contribution is 0.100. The molecule has 0 aliphatic carbocycles. The minimum absolute atomic E-state index is 0.182. The lowest BCUT2D eigenvalue weighted by atomic mass is 10.1. The first-order valence-corrected chi connectivity index (χ1v) is 8.11. The highest BCUT2D eigenvalue weighted by atomic mass is 16.1. The molecule has 22 heavy (non-hydrogen) atoms. The van der Waals surface area contributed by atoms with Gasteiger partial charge in [0.2, 0.25) is 0 Å². The standard InChI is InChI=1S/C16H24N4O2/c1-3-4-5-6-7-8-9-10-12-17-15-13(16(22)18-12)19-14(20-15)11(2)21/h3-10H2,1-2H3,(H2,17,18,19,20,22). The molecule has 0 aliphatic rings. The number of nitrogens with zero attached hydrogens (tertiary/aromatic N) is 2. The average Bonchev–Trinajstić information content (AvgIpc) is 2.91. The molecule has 0 spiro atoms. The van der Waals surface area contributed by atoms with Crippen molar-refractivity contribution in [3.8, 4) is 0 Å². The van der Waals surface area contributed by atoms with Crippen molar-refractivity contribution >= 4 is 16.9 Å². The number of hydrogen-bond acceptors (Lipinski definition) is 4. The molecule has 0 bridgehead atoms. The van der Waals surface area contributed by atoms with Crippen molar-refractivity contribution in [2.75, 3.05) is 0 Å². The summed E-state index contributed by atoms with van der Waals surface area (Å²) in [7, 11) is 0. The van der Waals surface area contributed by atoms with Crippen LogP contribution in [0.4, 0.5) is 0 Å². The van der Waals surface area contributed by atoms with Crippen molar-refractivity contribution in [1.82, 2.24) is 19.9 Å². The molecule has 0 radical (unpaired) electrons. The lowest BCUT2D eigenvalue weighted by Gasteiger charge is -2.01. The highest BCUT2D eigenvalue weighted by Crippen LogP contribution is 2.10. The van der Waals surface area contributed by atoms with Crippen LogP contribution in [0.15, 0.2) is 4.79 Å². The third-order valence-electron chi connectivity index (χ3n) is 3.76. The SMILES string of the molecule is CCCCCCCCCc1nc2nc(C(C)=O)[nH]c2c(=O)[nH]1. The van der Waals surface area contributed by atoms with Gasteiger partial charge in [0.25, 0.3) is 5.56 Å². The molecule has 0 aliphatic heterocycles. The van der Waals surface area contributed by atoms with Gasteiger partial charge in [-0.1, -0.05) is 45.4 Å². The summed E-state index contributed by atoms with van der Waals surface area (Å²) in [5, 5.41) is 0. The van der Waals surface area contributed by atoms with Crippen molar-refractivity contribution in [2.24, 2.45) is 0 Å². The molecule has 0 aromatic carbocycles. The molecule has 0 fully saturated rings. The van der Waals surface area contributed by atoms with Gasteiger partial charge in [0.1, 0.15) is 5.82 Å². The molecule has 0 saturated carbocycles. The monoisotopic (exact) mass is 304 g/mol. The lowest BCUT2D eigenvalue weighted by Crippen LogP contribution is -2.12. The normalized spacial score (nSPS) is 11.2. The number of aromatic amines is 2. The molecule has 2 aromatic rings. The molecule has 6 nitrogen and oxygen atoms in total. The number of aromatic nitrogens is 4. The number of H-pyrrole nitrogens is 2. The highest BCUT2D eigenvalue weighted by Gasteiger charge is 2.12. The summed E-state index contributed by atoms with van der Waals surface area (Å²) in [6.45, 7) is 3.62. The van der Waals surface area contributed by atoms with Crippen LogP contribution in [0.3, 0.4) is 0 Å². The highest BCUT2D eigenvalue weighted by molar-refractivity contribution is 5.93. The maximum Gasteiger partial charge on any atom is 0.276 e. The van der Waals surface area contributed by atoms with Gasteiger partial charge in [0.15, 0.2) is 22.8 Å². The topological polar surface area (TPSA) is 91.5 Å². The Bertz CT molecular complexity index is 687. The van der Waals surface area contributed by atoms with Crippen molar-refractivity contribution in [3.05, 3.63) is 22.0 Å². The Morgan fingerprint density at radius 2 is 1.68 bits per heavy atom. The minimum Gasteiger partial charge on any atom is -0.330 e. The predicted molar refractivity (Wildman–Crippen MR) is 86.2 cm³/mol. The van der Waals surface area contributed by atoms with Crippen molar-refractivity contribution in [1.29, 1.82) is 0 Å². The van der Waals surface area contributed by atoms with Gasteiger partial charge in [-0.05, 0) is 6.42 Å². The van der Waals surface area contributed by atoms with Gasteiger partial charge < -0.3 is 9.97 Å². The van der Waals surface area contributed by atoms with E-state index in [9.17, 15) is 9.59 Å². The summed E-state index contributed by atoms with van der Waals surface area (Å²) in [5.41, 5.74) is 0.336. The molecule has 2 N–H and O–H groups in total. The zero-order chi connectivity index (χ0) is 15.9. The van der Waals surface area contributed by atoms with Crippen LogP contribution in [0, 0.1) is 0 Å². The number of imidazole rings is 1. The summed E-state index contributed by atoms with van der Waals surface area (Å²) in [6, 6.07) is 0. The van der Waals surface area contributed by atoms with E-state index in [1.807, 2.05) is 0 Å². The van der Waals surface area contributed by atoms with Gasteiger partial charge in [-0.25, -0.2) is 9.97 Å². The summed E-state index contributed by atoms with van der Waals surface area (Å²) < 4.78 is 0. The first kappa shape index (κ1) is 16.4. The van der Waals surface area contributed by atoms with Gasteiger partial charge in [-0.3, -0.25) is 9.59 Å². The Hall–Kier alpha value is -1.98. The number of rotatable bonds is 9. The number of fused-ring (bicyclic) bond motifs is 1. The van der Waals surface area contributed by atoms with E-state index in [2.05, 4.69) is 26.9 Å². The molecular formula is C16H24N4O2. The maximum absolute atomic E-state index is 12.0. The van der Waals surface area contributed by atoms with E-state index in [4.69, 9.17) is 0 Å². The van der Waals surface area contributed by atoms with Crippen LogP contribution in [0.5, 0.6) is 0 Å². The van der Waals surface area contributed by atoms with Gasteiger partial charge >= 0.3 is 0 Å². The number of carbonyl (C=O) groups is 1. The molecule has 0 saturated heterocycles. The van der Waals surface area contributed by atoms with Crippen LogP contribution in [0.25, 0.3) is 11.2 Å². The quantitative estimate of drug-likeness (QED) is 0.550. The van der Waals surface area contributed by atoms with Crippen LogP contribution in [-0.2, 0) is 6.42 Å². The molecule has 2 rings (SSSR count). The average molecular weight is 304 g/mol. The number of aryl methyl sites for hydroxylation is 1. The Morgan fingerprint density at radius 1 is 1.00 bits per heavy atom. The van der Waals surface area contributed by atoms with E-state index >= 15 is 0 Å². The van der Waals surface area contributed by atoms with Crippen LogP contribution >= 0.6 is 0 Å². The van der Waals surface area contributed by atoms with Gasteiger partial charge in [-0.2, -0.15) is 0 Å². The van der Waals surface area contributed by atoms with E-state index in [0.29, 0.717) is 11.5 Å². The Morgan fingerprint density at radius 3 is 2.36 bits per heavy atom. The second kappa shape index (κ2) is 7.87. The smallest absolute Gasteiger partial charge is 0.276 e. The minimum atomic E-state index is -0.261. The van der Waals surface area contributed by atoms with Crippen LogP contribution < -0.4 is 5.56 Å². The fourth-order valence-electron chi connectivity index (χ4n) is 2.49. The van der Waals surface area contributed by atoms with Crippen molar-refractivity contribution in [3.63, 3.8) is 0 Å². The molecular weight excluding hydrogens is 280 g/mol. The number of ketones is 1. The van der Waals surface area contributed by atoms with Crippen molar-refractivity contribution in [2.45, 2.75) is 65.2 Å². The van der Waals surface area contributed by atoms with Gasteiger partial charge in [0.05, 0.1) is 0 Å². The summed E-state index contributed by atoms with van der Waals surface area (Å²) in [6.07, 6.45) is 9.26. The predicted octanol–water partition coefficient (Wildman–Crippen LogP) is 3.14. The van der Waals surface area contributed by atoms with Gasteiger partial charge in [0, 0.05) is 13.3 Å². The Balaban J connectivity index is 1.92. The van der Waals surface area contributed by atoms with Crippen molar-refractivity contribution < 1.29 is 4.79 Å². The first-order valence-electron chi connectivity index (χ1n) is 8.11. The second-order valence-electron chi connectivity index (χ2n) is 5.72. The number of hydrogen-bond donors (Lipinski definition) is 2. The first-order chi connectivity index (χ1) is 10.6. The third-order valence-corrected chi connectivity index (χ3v) is 3.76. The number of unbranched alkanes of at least 4 members (excludes halogenated alkanes) is 6. The zero-order valence-electron chi connectivity index (χ0n) is 13.4. The third kappa shape index (κ3) is 4.26. The molecule has 0 atom stereocenters. The summed E-state index contributed by atoms with van der Waals surface area (Å²) >= 11 is 0. The molecule has 2 heterocycles. The largest absolute Gasteiger partial charge is 0.330 e.